The Labute approximate surface area is 176 Å². The fourth-order valence-electron chi connectivity index (χ4n) is 4.13. The Bertz CT molecular complexity index is 996. The molecule has 0 N–H and O–H groups in total. The summed E-state index contributed by atoms with van der Waals surface area (Å²) in [5.41, 5.74) is 3.14. The molecule has 0 aliphatic carbocycles. The van der Waals surface area contributed by atoms with Crippen molar-refractivity contribution in [3.63, 3.8) is 0 Å². The molecule has 6 nitrogen and oxygen atoms in total. The summed E-state index contributed by atoms with van der Waals surface area (Å²) in [5, 5.41) is 0. The molecule has 0 radical (unpaired) electrons. The molecule has 0 unspecified atom stereocenters. The van der Waals surface area contributed by atoms with Gasteiger partial charge in [0.15, 0.2) is 0 Å². The number of nitrogens with zero attached hydrogens (tertiary/aromatic N) is 4. The van der Waals surface area contributed by atoms with Crippen LogP contribution in [0.15, 0.2) is 18.3 Å². The van der Waals surface area contributed by atoms with Gasteiger partial charge in [0.05, 0.1) is 12.2 Å². The molecule has 2 aromatic heterocycles. The van der Waals surface area contributed by atoms with Crippen molar-refractivity contribution >= 4 is 11.6 Å². The molecule has 0 atom stereocenters. The number of ether oxygens (including phenoxy) is 1. The Morgan fingerprint density at radius 2 is 1.94 bits per heavy atom. The normalized spacial score (nSPS) is 16.1. The van der Waals surface area contributed by atoms with Crippen LogP contribution in [0, 0.1) is 19.8 Å². The van der Waals surface area contributed by atoms with Gasteiger partial charge in [-0.05, 0) is 36.6 Å². The number of hydrogen-bond donors (Lipinski definition) is 0. The maximum absolute atomic E-state index is 13.2. The van der Waals surface area contributed by atoms with Gasteiger partial charge in [0.2, 0.25) is 11.8 Å². The molecule has 1 fully saturated rings. The van der Waals surface area contributed by atoms with Crippen molar-refractivity contribution < 1.29 is 27.1 Å². The number of halogens is 4. The van der Waals surface area contributed by atoms with E-state index in [1.165, 1.54) is 12.3 Å². The van der Waals surface area contributed by atoms with Crippen LogP contribution < -0.4 is 9.64 Å². The van der Waals surface area contributed by atoms with E-state index >= 15 is 0 Å². The second-order valence-corrected chi connectivity index (χ2v) is 7.93. The number of carbonyl (C=O) groups excluding carboxylic acids is 1. The predicted octanol–water partition coefficient (Wildman–Crippen LogP) is 4.00. The number of rotatable bonds is 6. The number of amides is 1. The highest BCUT2D eigenvalue weighted by Gasteiger charge is 2.34. The summed E-state index contributed by atoms with van der Waals surface area (Å²) >= 11 is 0. The van der Waals surface area contributed by atoms with Gasteiger partial charge in [0.1, 0.15) is 5.69 Å². The Kier molecular flexibility index (Phi) is 5.72. The number of hydrogen-bond acceptors (Lipinski definition) is 5. The third-order valence-corrected chi connectivity index (χ3v) is 5.97. The first-order chi connectivity index (χ1) is 14.7. The molecule has 1 amide bonds. The average Bonchev–Trinajstić information content (AvgIpc) is 3.11. The molecule has 4 heterocycles. The maximum atomic E-state index is 13.2. The fourth-order valence-corrected chi connectivity index (χ4v) is 4.13. The van der Waals surface area contributed by atoms with E-state index in [4.69, 9.17) is 0 Å². The Hall–Kier alpha value is -2.91. The summed E-state index contributed by atoms with van der Waals surface area (Å²) < 4.78 is 55.5. The van der Waals surface area contributed by atoms with Gasteiger partial charge in [-0.3, -0.25) is 4.79 Å². The van der Waals surface area contributed by atoms with Crippen LogP contribution in [0.1, 0.15) is 40.9 Å². The molecule has 0 bridgehead atoms. The highest BCUT2D eigenvalue weighted by atomic mass is 19.3. The minimum atomic E-state index is -2.94. The molecule has 4 rings (SSSR count). The van der Waals surface area contributed by atoms with E-state index in [1.54, 1.807) is 24.8 Å². The monoisotopic (exact) mass is 438 g/mol. The van der Waals surface area contributed by atoms with E-state index in [1.807, 2.05) is 4.90 Å². The van der Waals surface area contributed by atoms with Gasteiger partial charge in [-0.2, -0.15) is 8.78 Å². The first kappa shape index (κ1) is 21.3. The minimum Gasteiger partial charge on any atom is -0.417 e. The zero-order valence-corrected chi connectivity index (χ0v) is 17.1. The summed E-state index contributed by atoms with van der Waals surface area (Å²) in [5.74, 6) is -0.0748. The lowest BCUT2D eigenvalue weighted by atomic mass is 9.95. The molecule has 10 heteroatoms. The second kappa shape index (κ2) is 8.32. The first-order valence-electron chi connectivity index (χ1n) is 9.93. The van der Waals surface area contributed by atoms with Gasteiger partial charge in [0, 0.05) is 49.9 Å². The summed E-state index contributed by atoms with van der Waals surface area (Å²) in [4.78, 5) is 24.2. The van der Waals surface area contributed by atoms with Crippen molar-refractivity contribution in [1.29, 1.82) is 0 Å². The number of fused-ring (bicyclic) bond motifs is 1. The van der Waals surface area contributed by atoms with Crippen molar-refractivity contribution in [2.45, 2.75) is 46.4 Å². The SMILES string of the molecule is Cc1c(C(F)F)nc2c(c1C)CN(C(=O)CC1CN(c3ccnc(OC(F)F)c3)C1)C2. The molecule has 2 aliphatic heterocycles. The third kappa shape index (κ3) is 4.28. The van der Waals surface area contributed by atoms with Crippen LogP contribution in [0.2, 0.25) is 0 Å². The van der Waals surface area contributed by atoms with Gasteiger partial charge in [-0.1, -0.05) is 0 Å². The van der Waals surface area contributed by atoms with E-state index in [-0.39, 0.29) is 29.9 Å². The molecular formula is C21H22F4N4O2. The van der Waals surface area contributed by atoms with Gasteiger partial charge < -0.3 is 14.5 Å². The van der Waals surface area contributed by atoms with Crippen LogP contribution in [0.25, 0.3) is 0 Å². The average molecular weight is 438 g/mol. The van der Waals surface area contributed by atoms with E-state index in [9.17, 15) is 22.4 Å². The van der Waals surface area contributed by atoms with E-state index < -0.39 is 13.0 Å². The van der Waals surface area contributed by atoms with Crippen LogP contribution in [-0.4, -0.2) is 40.5 Å². The Morgan fingerprint density at radius 1 is 1.19 bits per heavy atom. The van der Waals surface area contributed by atoms with Crippen LogP contribution in [0.3, 0.4) is 0 Å². The summed E-state index contributed by atoms with van der Waals surface area (Å²) in [6.07, 6.45) is -0.914. The minimum absolute atomic E-state index is 0.0465. The van der Waals surface area contributed by atoms with Crippen molar-refractivity contribution in [2.24, 2.45) is 5.92 Å². The van der Waals surface area contributed by atoms with Crippen LogP contribution in [0.5, 0.6) is 5.88 Å². The lowest BCUT2D eigenvalue weighted by Crippen LogP contribution is -2.48. The van der Waals surface area contributed by atoms with Crippen LogP contribution >= 0.6 is 0 Å². The van der Waals surface area contributed by atoms with Crippen LogP contribution in [0.4, 0.5) is 23.2 Å². The molecular weight excluding hydrogens is 416 g/mol. The van der Waals surface area contributed by atoms with E-state index in [2.05, 4.69) is 14.7 Å². The highest BCUT2D eigenvalue weighted by Crippen LogP contribution is 2.33. The van der Waals surface area contributed by atoms with Gasteiger partial charge in [0.25, 0.3) is 6.43 Å². The molecule has 2 aromatic rings. The molecule has 2 aliphatic rings. The fraction of sp³-hybridized carbons (Fsp3) is 0.476. The van der Waals surface area contributed by atoms with Crippen molar-refractivity contribution in [3.8, 4) is 5.88 Å². The van der Waals surface area contributed by atoms with E-state index in [0.717, 1.165) is 11.1 Å². The van der Waals surface area contributed by atoms with Crippen molar-refractivity contribution in [2.75, 3.05) is 18.0 Å². The number of carbonyl (C=O) groups is 1. The number of alkyl halides is 4. The lowest BCUT2D eigenvalue weighted by Gasteiger charge is -2.41. The third-order valence-electron chi connectivity index (χ3n) is 5.97. The summed E-state index contributed by atoms with van der Waals surface area (Å²) in [6, 6.07) is 3.14. The van der Waals surface area contributed by atoms with Crippen LogP contribution in [-0.2, 0) is 17.9 Å². The number of pyridine rings is 2. The molecule has 0 spiro atoms. The molecule has 0 saturated carbocycles. The maximum Gasteiger partial charge on any atom is 0.388 e. The zero-order chi connectivity index (χ0) is 22.3. The first-order valence-corrected chi connectivity index (χ1v) is 9.93. The van der Waals surface area contributed by atoms with Crippen molar-refractivity contribution in [1.82, 2.24) is 14.9 Å². The topological polar surface area (TPSA) is 58.6 Å². The number of aromatic nitrogens is 2. The second-order valence-electron chi connectivity index (χ2n) is 7.93. The Balaban J connectivity index is 1.34. The summed E-state index contributed by atoms with van der Waals surface area (Å²) in [6.45, 7) is 2.33. The smallest absolute Gasteiger partial charge is 0.388 e. The van der Waals surface area contributed by atoms with Crippen molar-refractivity contribution in [3.05, 3.63) is 46.4 Å². The standard InChI is InChI=1S/C21H22F4N4O2/c1-11-12(2)19(20(22)23)27-16-10-29(9-15(11)16)18(30)5-13-7-28(8-13)14-3-4-26-17(6-14)31-21(24)25/h3-4,6,13,20-21H,5,7-10H2,1-2H3. The molecule has 1 saturated heterocycles. The van der Waals surface area contributed by atoms with Gasteiger partial charge in [-0.15, -0.1) is 0 Å². The predicted molar refractivity (Wildman–Crippen MR) is 104 cm³/mol. The van der Waals surface area contributed by atoms with E-state index in [0.29, 0.717) is 43.0 Å². The zero-order valence-electron chi connectivity index (χ0n) is 17.1. The molecule has 0 aromatic carbocycles. The van der Waals surface area contributed by atoms with Gasteiger partial charge >= 0.3 is 6.61 Å². The molecule has 166 valence electrons. The van der Waals surface area contributed by atoms with Gasteiger partial charge in [-0.25, -0.2) is 18.7 Å². The molecule has 31 heavy (non-hydrogen) atoms. The summed E-state index contributed by atoms with van der Waals surface area (Å²) in [7, 11) is 0. The number of anilines is 1. The lowest BCUT2D eigenvalue weighted by molar-refractivity contribution is -0.133. The Morgan fingerprint density at radius 3 is 2.61 bits per heavy atom. The largest absolute Gasteiger partial charge is 0.417 e. The quantitative estimate of drug-likeness (QED) is 0.638. The highest BCUT2D eigenvalue weighted by molar-refractivity contribution is 5.77.